The number of morpholine rings is 1. The molecule has 7 nitrogen and oxygen atoms in total. The summed E-state index contributed by atoms with van der Waals surface area (Å²) in [6, 6.07) is 0. The number of carboxylic acid groups (broad SMARTS) is 1. The molecule has 1 aliphatic carbocycles. The Balaban J connectivity index is 0.000000339. The van der Waals surface area contributed by atoms with E-state index < -0.39 is 12.1 Å². The molecule has 1 spiro atoms. The maximum absolute atomic E-state index is 12.3. The molecule has 4 rings (SSSR count). The number of thiazole rings is 1. The van der Waals surface area contributed by atoms with Crippen molar-refractivity contribution < 1.29 is 32.6 Å². The van der Waals surface area contributed by atoms with Gasteiger partial charge in [0.1, 0.15) is 6.61 Å². The third-order valence-corrected chi connectivity index (χ3v) is 6.93. The predicted octanol–water partition coefficient (Wildman–Crippen LogP) is 3.08. The van der Waals surface area contributed by atoms with E-state index in [2.05, 4.69) is 15.3 Å². The van der Waals surface area contributed by atoms with Gasteiger partial charge in [0, 0.05) is 25.0 Å². The number of likely N-dealkylation sites (tertiary alicyclic amines) is 1. The van der Waals surface area contributed by atoms with Crippen molar-refractivity contribution in [3.8, 4) is 0 Å². The monoisotopic (exact) mass is 463 g/mol. The first kappa shape index (κ1) is 23.9. The van der Waals surface area contributed by atoms with Gasteiger partial charge in [0.05, 0.1) is 29.4 Å². The fourth-order valence-electron chi connectivity index (χ4n) is 4.09. The SMILES string of the molecule is Cc1nc(CN2CC3(CCN(CC4CCC4)CC3)OCC2=O)cs1.O=C(O)C(F)(F)F. The van der Waals surface area contributed by atoms with Gasteiger partial charge in [0.15, 0.2) is 0 Å². The molecule has 2 saturated heterocycles. The standard InChI is InChI=1S/C18H27N3O2S.C2HF3O2/c1-14-19-16(12-24-14)10-21-13-18(23-11-17(21)22)5-7-20(8-6-18)9-15-3-2-4-15;3-2(4,5)1(6)7/h12,15H,2-11,13H2,1H3;(H,6,7). The number of carbonyl (C=O) groups excluding carboxylic acids is 1. The molecule has 11 heteroatoms. The van der Waals surface area contributed by atoms with Gasteiger partial charge >= 0.3 is 12.1 Å². The molecule has 0 aromatic carbocycles. The van der Waals surface area contributed by atoms with Crippen LogP contribution in [0.1, 0.15) is 42.8 Å². The highest BCUT2D eigenvalue weighted by molar-refractivity contribution is 7.09. The molecule has 1 saturated carbocycles. The number of piperidine rings is 1. The number of amides is 1. The number of hydrogen-bond donors (Lipinski definition) is 1. The van der Waals surface area contributed by atoms with Crippen LogP contribution in [0.2, 0.25) is 0 Å². The lowest BCUT2D eigenvalue weighted by atomic mass is 9.83. The molecule has 3 fully saturated rings. The van der Waals surface area contributed by atoms with E-state index in [1.54, 1.807) is 11.3 Å². The number of hydrogen-bond acceptors (Lipinski definition) is 6. The maximum atomic E-state index is 12.3. The van der Waals surface area contributed by atoms with Gasteiger partial charge in [0.25, 0.3) is 0 Å². The van der Waals surface area contributed by atoms with Crippen molar-refractivity contribution in [1.29, 1.82) is 0 Å². The summed E-state index contributed by atoms with van der Waals surface area (Å²) in [5.74, 6) is -1.73. The molecule has 0 atom stereocenters. The number of rotatable bonds is 4. The van der Waals surface area contributed by atoms with E-state index >= 15 is 0 Å². The van der Waals surface area contributed by atoms with Crippen LogP contribution in [-0.2, 0) is 20.9 Å². The summed E-state index contributed by atoms with van der Waals surface area (Å²) in [6.07, 6.45) is 1.23. The van der Waals surface area contributed by atoms with Crippen molar-refractivity contribution in [3.05, 3.63) is 16.1 Å². The molecule has 1 aromatic rings. The lowest BCUT2D eigenvalue weighted by Crippen LogP contribution is -2.58. The van der Waals surface area contributed by atoms with E-state index in [-0.39, 0.29) is 18.1 Å². The molecule has 1 N–H and O–H groups in total. The van der Waals surface area contributed by atoms with Gasteiger partial charge in [-0.2, -0.15) is 13.2 Å². The smallest absolute Gasteiger partial charge is 0.475 e. The Hall–Kier alpha value is -1.72. The van der Waals surface area contributed by atoms with Gasteiger partial charge in [-0.25, -0.2) is 9.78 Å². The third kappa shape index (κ3) is 6.63. The molecule has 2 aliphatic heterocycles. The number of carboxylic acids is 1. The highest BCUT2D eigenvalue weighted by Crippen LogP contribution is 2.33. The minimum absolute atomic E-state index is 0.100. The number of aromatic nitrogens is 1. The van der Waals surface area contributed by atoms with E-state index in [4.69, 9.17) is 14.6 Å². The fraction of sp³-hybridized carbons (Fsp3) is 0.750. The topological polar surface area (TPSA) is 83.0 Å². The van der Waals surface area contributed by atoms with Gasteiger partial charge in [0.2, 0.25) is 5.91 Å². The van der Waals surface area contributed by atoms with Crippen molar-refractivity contribution in [2.24, 2.45) is 5.92 Å². The summed E-state index contributed by atoms with van der Waals surface area (Å²) in [7, 11) is 0. The predicted molar refractivity (Wildman–Crippen MR) is 108 cm³/mol. The van der Waals surface area contributed by atoms with E-state index in [9.17, 15) is 18.0 Å². The molecule has 0 unspecified atom stereocenters. The zero-order valence-corrected chi connectivity index (χ0v) is 18.3. The normalized spacial score (nSPS) is 22.1. The average molecular weight is 464 g/mol. The Morgan fingerprint density at radius 1 is 1.35 bits per heavy atom. The Labute approximate surface area is 183 Å². The van der Waals surface area contributed by atoms with Crippen LogP contribution in [0.5, 0.6) is 0 Å². The van der Waals surface area contributed by atoms with E-state index in [1.807, 2.05) is 11.8 Å². The van der Waals surface area contributed by atoms with E-state index in [0.717, 1.165) is 49.1 Å². The van der Waals surface area contributed by atoms with E-state index in [0.29, 0.717) is 6.54 Å². The number of aryl methyl sites for hydroxylation is 1. The van der Waals surface area contributed by atoms with Crippen LogP contribution >= 0.6 is 11.3 Å². The number of alkyl halides is 3. The number of aliphatic carboxylic acids is 1. The number of carbonyl (C=O) groups is 2. The van der Waals surface area contributed by atoms with Crippen LogP contribution in [0.3, 0.4) is 0 Å². The molecule has 3 aliphatic rings. The van der Waals surface area contributed by atoms with Crippen LogP contribution < -0.4 is 0 Å². The zero-order chi connectivity index (χ0) is 22.6. The summed E-state index contributed by atoms with van der Waals surface area (Å²) in [5, 5.41) is 10.2. The molecular weight excluding hydrogens is 435 g/mol. The van der Waals surface area contributed by atoms with E-state index in [1.165, 1.54) is 25.8 Å². The van der Waals surface area contributed by atoms with Crippen LogP contribution in [-0.4, -0.2) is 76.3 Å². The largest absolute Gasteiger partial charge is 0.490 e. The highest BCUT2D eigenvalue weighted by atomic mass is 32.1. The lowest BCUT2D eigenvalue weighted by molar-refractivity contribution is -0.192. The number of halogens is 3. The highest BCUT2D eigenvalue weighted by Gasteiger charge is 2.42. The first-order valence-electron chi connectivity index (χ1n) is 10.4. The van der Waals surface area contributed by atoms with Crippen LogP contribution in [0.25, 0.3) is 0 Å². The Kier molecular flexibility index (Phi) is 7.59. The number of nitrogens with zero attached hydrogens (tertiary/aromatic N) is 3. The Morgan fingerprint density at radius 3 is 2.48 bits per heavy atom. The second kappa shape index (κ2) is 9.83. The third-order valence-electron chi connectivity index (χ3n) is 6.10. The zero-order valence-electron chi connectivity index (χ0n) is 17.5. The van der Waals surface area contributed by atoms with Gasteiger partial charge in [-0.05, 0) is 38.5 Å². The molecule has 1 amide bonds. The minimum atomic E-state index is -5.08. The molecule has 1 aromatic heterocycles. The number of ether oxygens (including phenoxy) is 1. The molecule has 31 heavy (non-hydrogen) atoms. The van der Waals surface area contributed by atoms with Crippen molar-refractivity contribution in [2.45, 2.75) is 57.3 Å². The van der Waals surface area contributed by atoms with Gasteiger partial charge in [-0.3, -0.25) is 4.79 Å². The minimum Gasteiger partial charge on any atom is -0.475 e. The second-order valence-corrected chi connectivity index (χ2v) is 9.54. The van der Waals surface area contributed by atoms with Gasteiger partial charge < -0.3 is 19.6 Å². The molecular formula is C20H28F3N3O4S. The van der Waals surface area contributed by atoms with Crippen LogP contribution in [0, 0.1) is 12.8 Å². The summed E-state index contributed by atoms with van der Waals surface area (Å²) >= 11 is 1.65. The van der Waals surface area contributed by atoms with Gasteiger partial charge in [-0.15, -0.1) is 11.3 Å². The fourth-order valence-corrected chi connectivity index (χ4v) is 4.70. The van der Waals surface area contributed by atoms with Crippen molar-refractivity contribution in [2.75, 3.05) is 32.8 Å². The first-order valence-corrected chi connectivity index (χ1v) is 11.3. The quantitative estimate of drug-likeness (QED) is 0.739. The summed E-state index contributed by atoms with van der Waals surface area (Å²) in [4.78, 5) is 30.2. The average Bonchev–Trinajstić information content (AvgIpc) is 3.07. The molecule has 0 bridgehead atoms. The summed E-state index contributed by atoms with van der Waals surface area (Å²) in [6.45, 7) is 7.06. The van der Waals surface area contributed by atoms with Crippen LogP contribution in [0.15, 0.2) is 5.38 Å². The Bertz CT molecular complexity index is 774. The first-order chi connectivity index (χ1) is 14.6. The summed E-state index contributed by atoms with van der Waals surface area (Å²) in [5.41, 5.74) is 0.875. The molecule has 0 radical (unpaired) electrons. The van der Waals surface area contributed by atoms with Gasteiger partial charge in [-0.1, -0.05) is 6.42 Å². The lowest BCUT2D eigenvalue weighted by Gasteiger charge is -2.47. The maximum Gasteiger partial charge on any atom is 0.490 e. The van der Waals surface area contributed by atoms with Crippen molar-refractivity contribution in [3.63, 3.8) is 0 Å². The molecule has 3 heterocycles. The van der Waals surface area contributed by atoms with Crippen molar-refractivity contribution in [1.82, 2.24) is 14.8 Å². The van der Waals surface area contributed by atoms with Crippen molar-refractivity contribution >= 4 is 23.2 Å². The second-order valence-electron chi connectivity index (χ2n) is 8.48. The molecule has 174 valence electrons. The van der Waals surface area contributed by atoms with Crippen LogP contribution in [0.4, 0.5) is 13.2 Å². The summed E-state index contributed by atoms with van der Waals surface area (Å²) < 4.78 is 37.8. The Morgan fingerprint density at radius 2 is 2.00 bits per heavy atom.